The van der Waals surface area contributed by atoms with Crippen molar-refractivity contribution < 1.29 is 4.84 Å². The van der Waals surface area contributed by atoms with E-state index in [1.165, 1.54) is 0 Å². The van der Waals surface area contributed by atoms with Gasteiger partial charge in [-0.05, 0) is 26.2 Å². The van der Waals surface area contributed by atoms with E-state index in [4.69, 9.17) is 15.8 Å². The van der Waals surface area contributed by atoms with E-state index in [0.717, 1.165) is 25.0 Å². The first-order valence-electron chi connectivity index (χ1n) is 4.53. The van der Waals surface area contributed by atoms with Crippen LogP contribution in [0.4, 0.5) is 0 Å². The Morgan fingerprint density at radius 2 is 2.46 bits per heavy atom. The van der Waals surface area contributed by atoms with Crippen molar-refractivity contribution in [3.63, 3.8) is 0 Å². The van der Waals surface area contributed by atoms with Gasteiger partial charge in [-0.25, -0.2) is 0 Å². The fourth-order valence-corrected chi connectivity index (χ4v) is 1.63. The Kier molecular flexibility index (Phi) is 3.71. The van der Waals surface area contributed by atoms with Crippen LogP contribution in [0.5, 0.6) is 0 Å². The van der Waals surface area contributed by atoms with Crippen LogP contribution in [0.15, 0.2) is 5.16 Å². The Balaban J connectivity index is 2.35. The predicted molar refractivity (Wildman–Crippen MR) is 50.0 cm³/mol. The molecule has 2 atom stereocenters. The van der Waals surface area contributed by atoms with Crippen LogP contribution in [0.3, 0.4) is 0 Å². The molecule has 0 aromatic heterocycles. The summed E-state index contributed by atoms with van der Waals surface area (Å²) in [6.45, 7) is 1.95. The lowest BCUT2D eigenvalue weighted by Gasteiger charge is -2.07. The minimum absolute atomic E-state index is 0.0239. The van der Waals surface area contributed by atoms with Crippen molar-refractivity contribution in [1.29, 1.82) is 5.26 Å². The predicted octanol–water partition coefficient (Wildman–Crippen LogP) is 1.03. The van der Waals surface area contributed by atoms with Gasteiger partial charge >= 0.3 is 0 Å². The summed E-state index contributed by atoms with van der Waals surface area (Å²) in [6.07, 6.45) is 3.15. The van der Waals surface area contributed by atoms with E-state index in [1.54, 1.807) is 0 Å². The summed E-state index contributed by atoms with van der Waals surface area (Å²) in [5.41, 5.74) is 6.73. The van der Waals surface area contributed by atoms with Gasteiger partial charge in [-0.3, -0.25) is 0 Å². The smallest absolute Gasteiger partial charge is 0.202 e. The molecule has 0 aliphatic heterocycles. The highest BCUT2D eigenvalue weighted by Crippen LogP contribution is 2.25. The summed E-state index contributed by atoms with van der Waals surface area (Å²) in [4.78, 5) is 4.78. The second-order valence-corrected chi connectivity index (χ2v) is 3.43. The van der Waals surface area contributed by atoms with E-state index in [1.807, 2.05) is 13.0 Å². The zero-order valence-corrected chi connectivity index (χ0v) is 7.86. The number of hydrogen-bond acceptors (Lipinski definition) is 4. The van der Waals surface area contributed by atoms with Crippen LogP contribution in [-0.4, -0.2) is 18.4 Å². The lowest BCUT2D eigenvalue weighted by atomic mass is 10.0. The lowest BCUT2D eigenvalue weighted by Crippen LogP contribution is -2.17. The second-order valence-electron chi connectivity index (χ2n) is 3.43. The Hall–Kier alpha value is -1.08. The minimum atomic E-state index is 0.0239. The quantitative estimate of drug-likeness (QED) is 0.401. The number of oxime groups is 1. The van der Waals surface area contributed by atoms with E-state index < -0.39 is 0 Å². The fourth-order valence-electron chi connectivity index (χ4n) is 1.63. The SMILES string of the molecule is C/C(=N\OCC#N)C1CCC(N)C1. The maximum atomic E-state index is 8.22. The molecule has 0 aromatic carbocycles. The first-order chi connectivity index (χ1) is 6.24. The highest BCUT2D eigenvalue weighted by atomic mass is 16.6. The van der Waals surface area contributed by atoms with Crippen LogP contribution >= 0.6 is 0 Å². The van der Waals surface area contributed by atoms with Crippen molar-refractivity contribution in [2.75, 3.05) is 6.61 Å². The van der Waals surface area contributed by atoms with Crippen molar-refractivity contribution in [3.8, 4) is 6.07 Å². The van der Waals surface area contributed by atoms with Gasteiger partial charge in [0.2, 0.25) is 6.61 Å². The van der Waals surface area contributed by atoms with Crippen LogP contribution in [0.2, 0.25) is 0 Å². The molecular weight excluding hydrogens is 166 g/mol. The normalized spacial score (nSPS) is 28.5. The number of nitriles is 1. The molecule has 0 saturated heterocycles. The van der Waals surface area contributed by atoms with E-state index in [9.17, 15) is 0 Å². The van der Waals surface area contributed by atoms with Crippen molar-refractivity contribution in [3.05, 3.63) is 0 Å². The van der Waals surface area contributed by atoms with Crippen LogP contribution in [0.25, 0.3) is 0 Å². The van der Waals surface area contributed by atoms with Crippen LogP contribution in [0, 0.1) is 17.2 Å². The molecule has 1 aliphatic carbocycles. The van der Waals surface area contributed by atoms with Gasteiger partial charge in [0.05, 0.1) is 5.71 Å². The molecule has 72 valence electrons. The van der Waals surface area contributed by atoms with Crippen LogP contribution in [-0.2, 0) is 4.84 Å². The van der Waals surface area contributed by atoms with Crippen molar-refractivity contribution in [1.82, 2.24) is 0 Å². The first kappa shape index (κ1) is 10.0. The van der Waals surface area contributed by atoms with Gasteiger partial charge in [-0.15, -0.1) is 0 Å². The molecule has 0 heterocycles. The fraction of sp³-hybridized carbons (Fsp3) is 0.778. The molecule has 13 heavy (non-hydrogen) atoms. The maximum Gasteiger partial charge on any atom is 0.202 e. The van der Waals surface area contributed by atoms with E-state index in [0.29, 0.717) is 12.0 Å². The number of hydrogen-bond donors (Lipinski definition) is 1. The third kappa shape index (κ3) is 3.03. The second kappa shape index (κ2) is 4.83. The molecule has 0 aromatic rings. The maximum absolute atomic E-state index is 8.22. The van der Waals surface area contributed by atoms with Crippen LogP contribution in [0.1, 0.15) is 26.2 Å². The summed E-state index contributed by atoms with van der Waals surface area (Å²) < 4.78 is 0. The third-order valence-corrected chi connectivity index (χ3v) is 2.40. The van der Waals surface area contributed by atoms with E-state index in [2.05, 4.69) is 5.16 Å². The standard InChI is InChI=1S/C9H15N3O/c1-7(12-13-5-4-10)8-2-3-9(11)6-8/h8-9H,2-3,5-6,11H2,1H3/b12-7+. The Labute approximate surface area is 78.3 Å². The van der Waals surface area contributed by atoms with Gasteiger partial charge < -0.3 is 10.6 Å². The molecule has 2 N–H and O–H groups in total. The topological polar surface area (TPSA) is 71.4 Å². The molecule has 1 aliphatic rings. The number of rotatable bonds is 3. The molecule has 4 nitrogen and oxygen atoms in total. The average Bonchev–Trinajstić information content (AvgIpc) is 2.52. The summed E-state index contributed by atoms with van der Waals surface area (Å²) in [5, 5.41) is 12.1. The molecule has 0 radical (unpaired) electrons. The minimum Gasteiger partial charge on any atom is -0.381 e. The summed E-state index contributed by atoms with van der Waals surface area (Å²) in [5.74, 6) is 0.452. The van der Waals surface area contributed by atoms with Gasteiger partial charge in [-0.1, -0.05) is 5.16 Å². The van der Waals surface area contributed by atoms with Crippen molar-refractivity contribution >= 4 is 5.71 Å². The third-order valence-electron chi connectivity index (χ3n) is 2.40. The molecule has 1 fully saturated rings. The number of nitrogens with zero attached hydrogens (tertiary/aromatic N) is 2. The van der Waals surface area contributed by atoms with Crippen LogP contribution < -0.4 is 5.73 Å². The highest BCUT2D eigenvalue weighted by molar-refractivity contribution is 5.84. The van der Waals surface area contributed by atoms with E-state index >= 15 is 0 Å². The molecular formula is C9H15N3O. The zero-order chi connectivity index (χ0) is 9.68. The van der Waals surface area contributed by atoms with Gasteiger partial charge in [-0.2, -0.15) is 5.26 Å². The van der Waals surface area contributed by atoms with Gasteiger partial charge in [0.1, 0.15) is 6.07 Å². The highest BCUT2D eigenvalue weighted by Gasteiger charge is 2.24. The average molecular weight is 181 g/mol. The monoisotopic (exact) mass is 181 g/mol. The summed E-state index contributed by atoms with van der Waals surface area (Å²) in [6, 6.07) is 2.18. The molecule has 0 amide bonds. The molecule has 1 rings (SSSR count). The largest absolute Gasteiger partial charge is 0.381 e. The number of nitrogens with two attached hydrogens (primary N) is 1. The molecule has 1 saturated carbocycles. The molecule has 4 heteroatoms. The Morgan fingerprint density at radius 1 is 1.69 bits per heavy atom. The molecule has 2 unspecified atom stereocenters. The van der Waals surface area contributed by atoms with E-state index in [-0.39, 0.29) is 6.61 Å². The molecule has 0 bridgehead atoms. The van der Waals surface area contributed by atoms with Gasteiger partial charge in [0, 0.05) is 12.0 Å². The van der Waals surface area contributed by atoms with Gasteiger partial charge in [0.15, 0.2) is 0 Å². The zero-order valence-electron chi connectivity index (χ0n) is 7.86. The van der Waals surface area contributed by atoms with Crippen molar-refractivity contribution in [2.45, 2.75) is 32.2 Å². The lowest BCUT2D eigenvalue weighted by molar-refractivity contribution is 0.176. The summed E-state index contributed by atoms with van der Waals surface area (Å²) in [7, 11) is 0. The van der Waals surface area contributed by atoms with Crippen molar-refractivity contribution in [2.24, 2.45) is 16.8 Å². The first-order valence-corrected chi connectivity index (χ1v) is 4.53. The molecule has 0 spiro atoms. The summed E-state index contributed by atoms with van der Waals surface area (Å²) >= 11 is 0. The van der Waals surface area contributed by atoms with Gasteiger partial charge in [0.25, 0.3) is 0 Å². The Bertz CT molecular complexity index is 232. The Morgan fingerprint density at radius 3 is 3.00 bits per heavy atom.